The summed E-state index contributed by atoms with van der Waals surface area (Å²) in [4.78, 5) is 22.4. The maximum absolute atomic E-state index is 13.3. The molecule has 1 aromatic carbocycles. The summed E-state index contributed by atoms with van der Waals surface area (Å²) >= 11 is 0. The predicted octanol–water partition coefficient (Wildman–Crippen LogP) is 3.39. The first-order chi connectivity index (χ1) is 12.1. The van der Waals surface area contributed by atoms with Gasteiger partial charge >= 0.3 is 0 Å². The number of aromatic nitrogens is 4. The minimum atomic E-state index is -0.148. The molecule has 0 saturated carbocycles. The van der Waals surface area contributed by atoms with E-state index in [1.807, 2.05) is 63.4 Å². The van der Waals surface area contributed by atoms with Gasteiger partial charge in [0, 0.05) is 6.20 Å². The molecule has 0 N–H and O–H groups in total. The third kappa shape index (κ3) is 2.29. The highest BCUT2D eigenvalue weighted by Gasteiger charge is 2.23. The number of benzene rings is 1. The van der Waals surface area contributed by atoms with Crippen LogP contribution in [0.4, 0.5) is 0 Å². The lowest BCUT2D eigenvalue weighted by molar-refractivity contribution is 0.0956. The smallest absolute Gasteiger partial charge is 0.282 e. The Kier molecular flexibility index (Phi) is 3.53. The van der Waals surface area contributed by atoms with Crippen molar-refractivity contribution in [2.75, 3.05) is 6.61 Å². The molecule has 3 heterocycles. The van der Waals surface area contributed by atoms with Crippen LogP contribution in [0.5, 0.6) is 5.75 Å². The van der Waals surface area contributed by atoms with Crippen molar-refractivity contribution in [1.82, 2.24) is 18.9 Å². The van der Waals surface area contributed by atoms with E-state index >= 15 is 0 Å². The normalized spacial score (nSPS) is 11.3. The van der Waals surface area contributed by atoms with Crippen LogP contribution in [-0.4, -0.2) is 31.4 Å². The van der Waals surface area contributed by atoms with Crippen LogP contribution in [-0.2, 0) is 0 Å². The Morgan fingerprint density at radius 3 is 2.72 bits per heavy atom. The van der Waals surface area contributed by atoms with E-state index < -0.39 is 0 Å². The molecule has 0 spiro atoms. The van der Waals surface area contributed by atoms with E-state index in [1.165, 1.54) is 0 Å². The van der Waals surface area contributed by atoms with E-state index in [0.717, 1.165) is 11.0 Å². The summed E-state index contributed by atoms with van der Waals surface area (Å²) in [6.45, 7) is 6.14. The molecule has 4 rings (SSSR count). The molecule has 0 unspecified atom stereocenters. The number of ether oxygens (including phenoxy) is 1. The van der Waals surface area contributed by atoms with Gasteiger partial charge in [0.15, 0.2) is 11.4 Å². The van der Waals surface area contributed by atoms with Crippen LogP contribution in [0.2, 0.25) is 0 Å². The van der Waals surface area contributed by atoms with Crippen molar-refractivity contribution < 1.29 is 9.53 Å². The van der Waals surface area contributed by atoms with Crippen LogP contribution in [0.1, 0.15) is 28.9 Å². The highest BCUT2D eigenvalue weighted by Crippen LogP contribution is 2.24. The Hall–Kier alpha value is -3.15. The fraction of sp³-hybridized carbons (Fsp3) is 0.211. The number of pyridine rings is 1. The SMILES string of the molecule is CCOc1cccn2c(C(=O)n3c(C)nc4ccccc43)c(C)nc12. The maximum Gasteiger partial charge on any atom is 0.282 e. The summed E-state index contributed by atoms with van der Waals surface area (Å²) in [5, 5.41) is 0. The monoisotopic (exact) mass is 334 g/mol. The summed E-state index contributed by atoms with van der Waals surface area (Å²) < 4.78 is 9.06. The zero-order chi connectivity index (χ0) is 17.6. The molecule has 0 atom stereocenters. The molecule has 0 aliphatic carbocycles. The first kappa shape index (κ1) is 15.4. The van der Waals surface area contributed by atoms with Gasteiger partial charge in [0.2, 0.25) is 0 Å². The second kappa shape index (κ2) is 5.73. The highest BCUT2D eigenvalue weighted by atomic mass is 16.5. The molecule has 6 nitrogen and oxygen atoms in total. The number of imidazole rings is 2. The second-order valence-corrected chi connectivity index (χ2v) is 5.83. The largest absolute Gasteiger partial charge is 0.490 e. The minimum absolute atomic E-state index is 0.148. The second-order valence-electron chi connectivity index (χ2n) is 5.83. The Morgan fingerprint density at radius 1 is 1.12 bits per heavy atom. The van der Waals surface area contributed by atoms with E-state index in [2.05, 4.69) is 9.97 Å². The lowest BCUT2D eigenvalue weighted by Gasteiger charge is -2.08. The van der Waals surface area contributed by atoms with E-state index in [4.69, 9.17) is 4.74 Å². The summed E-state index contributed by atoms with van der Waals surface area (Å²) in [5.41, 5.74) is 3.42. The molecule has 6 heteroatoms. The predicted molar refractivity (Wildman–Crippen MR) is 95.3 cm³/mol. The average Bonchev–Trinajstić information content (AvgIpc) is 3.11. The van der Waals surface area contributed by atoms with Crippen molar-refractivity contribution in [2.24, 2.45) is 0 Å². The van der Waals surface area contributed by atoms with Crippen molar-refractivity contribution in [3.05, 3.63) is 59.8 Å². The lowest BCUT2D eigenvalue weighted by Crippen LogP contribution is -2.17. The molecule has 4 aromatic rings. The zero-order valence-corrected chi connectivity index (χ0v) is 14.4. The van der Waals surface area contributed by atoms with Crippen LogP contribution < -0.4 is 4.74 Å². The van der Waals surface area contributed by atoms with Gasteiger partial charge in [-0.25, -0.2) is 9.97 Å². The number of fused-ring (bicyclic) bond motifs is 2. The van der Waals surface area contributed by atoms with Gasteiger partial charge in [-0.2, -0.15) is 0 Å². The van der Waals surface area contributed by atoms with E-state index in [9.17, 15) is 4.79 Å². The van der Waals surface area contributed by atoms with Gasteiger partial charge in [0.1, 0.15) is 11.5 Å². The number of hydrogen-bond acceptors (Lipinski definition) is 4. The standard InChI is InChI=1S/C19H18N4O2/c1-4-25-16-10-7-11-22-17(12(2)20-18(16)22)19(24)23-13(3)21-14-8-5-6-9-15(14)23/h5-11H,4H2,1-3H3. The van der Waals surface area contributed by atoms with Crippen LogP contribution >= 0.6 is 0 Å². The topological polar surface area (TPSA) is 61.4 Å². The Bertz CT molecular complexity index is 1110. The van der Waals surface area contributed by atoms with Crippen LogP contribution in [0.25, 0.3) is 16.7 Å². The first-order valence-electron chi connectivity index (χ1n) is 8.21. The fourth-order valence-electron chi connectivity index (χ4n) is 3.19. The van der Waals surface area contributed by atoms with E-state index in [-0.39, 0.29) is 5.91 Å². The van der Waals surface area contributed by atoms with Crippen molar-refractivity contribution in [3.8, 4) is 5.75 Å². The van der Waals surface area contributed by atoms with Crippen molar-refractivity contribution in [2.45, 2.75) is 20.8 Å². The molecule has 0 amide bonds. The summed E-state index contributed by atoms with van der Waals surface area (Å²) in [5.74, 6) is 1.17. The summed E-state index contributed by atoms with van der Waals surface area (Å²) in [6, 6.07) is 11.3. The van der Waals surface area contributed by atoms with Crippen molar-refractivity contribution >= 4 is 22.6 Å². The Morgan fingerprint density at radius 2 is 1.92 bits per heavy atom. The quantitative estimate of drug-likeness (QED) is 0.576. The molecule has 25 heavy (non-hydrogen) atoms. The number of para-hydroxylation sites is 2. The fourth-order valence-corrected chi connectivity index (χ4v) is 3.19. The van der Waals surface area contributed by atoms with Crippen LogP contribution in [0.3, 0.4) is 0 Å². The number of carbonyl (C=O) groups is 1. The molecule has 0 fully saturated rings. The molecule has 0 saturated heterocycles. The van der Waals surface area contributed by atoms with Gasteiger partial charge in [0.25, 0.3) is 5.91 Å². The van der Waals surface area contributed by atoms with Crippen LogP contribution in [0.15, 0.2) is 42.6 Å². The minimum Gasteiger partial charge on any atom is -0.490 e. The number of carbonyl (C=O) groups excluding carboxylic acids is 1. The molecule has 0 radical (unpaired) electrons. The molecule has 0 bridgehead atoms. The number of nitrogens with zero attached hydrogens (tertiary/aromatic N) is 4. The van der Waals surface area contributed by atoms with Gasteiger partial charge < -0.3 is 4.74 Å². The average molecular weight is 334 g/mol. The van der Waals surface area contributed by atoms with Crippen molar-refractivity contribution in [1.29, 1.82) is 0 Å². The molecular formula is C19H18N4O2. The van der Waals surface area contributed by atoms with Gasteiger partial charge in [-0.1, -0.05) is 12.1 Å². The number of rotatable bonds is 3. The van der Waals surface area contributed by atoms with Crippen molar-refractivity contribution in [3.63, 3.8) is 0 Å². The molecule has 0 aliphatic rings. The third-order valence-electron chi connectivity index (χ3n) is 4.22. The first-order valence-corrected chi connectivity index (χ1v) is 8.21. The van der Waals surface area contributed by atoms with E-state index in [1.54, 1.807) is 8.97 Å². The molecule has 3 aromatic heterocycles. The molecule has 126 valence electrons. The zero-order valence-electron chi connectivity index (χ0n) is 14.4. The van der Waals surface area contributed by atoms with Gasteiger partial charge in [-0.15, -0.1) is 0 Å². The van der Waals surface area contributed by atoms with E-state index in [0.29, 0.717) is 35.2 Å². The molecular weight excluding hydrogens is 316 g/mol. The van der Waals surface area contributed by atoms with Gasteiger partial charge in [-0.05, 0) is 45.0 Å². The lowest BCUT2D eigenvalue weighted by atomic mass is 10.3. The van der Waals surface area contributed by atoms with Gasteiger partial charge in [0.05, 0.1) is 23.3 Å². The Balaban J connectivity index is 1.95. The number of aryl methyl sites for hydroxylation is 2. The third-order valence-corrected chi connectivity index (χ3v) is 4.22. The highest BCUT2D eigenvalue weighted by molar-refractivity contribution is 6.02. The summed E-state index contributed by atoms with van der Waals surface area (Å²) in [7, 11) is 0. The summed E-state index contributed by atoms with van der Waals surface area (Å²) in [6.07, 6.45) is 1.83. The maximum atomic E-state index is 13.3. The molecule has 0 aliphatic heterocycles. The number of hydrogen-bond donors (Lipinski definition) is 0. The van der Waals surface area contributed by atoms with Crippen LogP contribution in [0, 0.1) is 13.8 Å². The van der Waals surface area contributed by atoms with Gasteiger partial charge in [-0.3, -0.25) is 13.8 Å². The Labute approximate surface area is 144 Å².